The highest BCUT2D eigenvalue weighted by Gasteiger charge is 2.40. The fourth-order valence-electron chi connectivity index (χ4n) is 11.8. The van der Waals surface area contributed by atoms with Crippen LogP contribution in [0.3, 0.4) is 0 Å². The zero-order chi connectivity index (χ0) is 38.1. The molecule has 3 fully saturated rings. The van der Waals surface area contributed by atoms with Crippen LogP contribution in [-0.2, 0) is 5.41 Å². The molecule has 1 nitrogen and oxygen atoms in total. The Labute approximate surface area is 339 Å². The summed E-state index contributed by atoms with van der Waals surface area (Å²) in [6.45, 7) is 4.85. The second-order valence-corrected chi connectivity index (χ2v) is 18.4. The van der Waals surface area contributed by atoms with Crippen molar-refractivity contribution in [3.8, 4) is 33.4 Å². The average Bonchev–Trinajstić information content (AvgIpc) is 3.97. The largest absolute Gasteiger partial charge is 0.310 e. The molecule has 0 saturated heterocycles. The van der Waals surface area contributed by atoms with Crippen molar-refractivity contribution in [2.24, 2.45) is 11.8 Å². The highest BCUT2D eigenvalue weighted by molar-refractivity contribution is 5.93. The minimum absolute atomic E-state index is 0.173. The van der Waals surface area contributed by atoms with Gasteiger partial charge in [0, 0.05) is 22.5 Å². The van der Waals surface area contributed by atoms with Crippen LogP contribution in [-0.4, -0.2) is 0 Å². The molecule has 0 aliphatic heterocycles. The predicted octanol–water partition coefficient (Wildman–Crippen LogP) is 15.9. The zero-order valence-electron chi connectivity index (χ0n) is 33.6. The van der Waals surface area contributed by atoms with Crippen LogP contribution in [0.2, 0.25) is 0 Å². The fraction of sp³-hybridized carbons (Fsp3) is 0.286. The number of benzene rings is 7. The summed E-state index contributed by atoms with van der Waals surface area (Å²) in [6.07, 6.45) is 12.4. The van der Waals surface area contributed by atoms with Crippen molar-refractivity contribution in [1.82, 2.24) is 0 Å². The van der Waals surface area contributed by atoms with E-state index in [0.717, 1.165) is 17.8 Å². The second kappa shape index (κ2) is 13.9. The lowest BCUT2D eigenvalue weighted by Crippen LogP contribution is -2.17. The Bertz CT molecular complexity index is 2600. The van der Waals surface area contributed by atoms with Gasteiger partial charge in [-0.25, -0.2) is 0 Å². The number of hydrogen-bond acceptors (Lipinski definition) is 1. The molecule has 3 unspecified atom stereocenters. The van der Waals surface area contributed by atoms with Crippen molar-refractivity contribution in [3.63, 3.8) is 0 Å². The van der Waals surface area contributed by atoms with Gasteiger partial charge in [-0.3, -0.25) is 0 Å². The van der Waals surface area contributed by atoms with Gasteiger partial charge in [0.25, 0.3) is 0 Å². The summed E-state index contributed by atoms with van der Waals surface area (Å²) in [5.41, 5.74) is 17.2. The van der Waals surface area contributed by atoms with Crippen LogP contribution in [0.5, 0.6) is 0 Å². The summed E-state index contributed by atoms with van der Waals surface area (Å²) >= 11 is 0. The molecule has 0 spiro atoms. The van der Waals surface area contributed by atoms with Crippen LogP contribution >= 0.6 is 0 Å². The van der Waals surface area contributed by atoms with Crippen LogP contribution in [0.25, 0.3) is 44.2 Å². The summed E-state index contributed by atoms with van der Waals surface area (Å²) < 4.78 is 0. The molecule has 3 atom stereocenters. The third-order valence-corrected chi connectivity index (χ3v) is 14.7. The van der Waals surface area contributed by atoms with E-state index in [9.17, 15) is 0 Å². The molecule has 2 bridgehead atoms. The first kappa shape index (κ1) is 34.8. The SMILES string of the molecule is CC1(C)c2cc(N(c3ccc(-c4cccc(C5CCCCC5)c4)cc3)c3ccc(C4CC5CCC4C5)cc3)ccc2-c2cccc(-c3ccc4ccccc4c3)c21. The smallest absolute Gasteiger partial charge is 0.0465 e. The predicted molar refractivity (Wildman–Crippen MR) is 241 cm³/mol. The molecule has 0 N–H and O–H groups in total. The lowest BCUT2D eigenvalue weighted by molar-refractivity contribution is 0.420. The minimum atomic E-state index is -0.173. The first-order valence-corrected chi connectivity index (χ1v) is 21.9. The van der Waals surface area contributed by atoms with E-state index in [1.54, 1.807) is 0 Å². The Morgan fingerprint density at radius 2 is 1.19 bits per heavy atom. The molecular formula is C56H53N. The van der Waals surface area contributed by atoms with Gasteiger partial charge in [0.15, 0.2) is 0 Å². The molecule has 7 aromatic carbocycles. The summed E-state index contributed by atoms with van der Waals surface area (Å²) in [4.78, 5) is 2.50. The van der Waals surface area contributed by atoms with E-state index < -0.39 is 0 Å². The normalized spacial score (nSPS) is 20.8. The molecule has 0 amide bonds. The lowest BCUT2D eigenvalue weighted by atomic mass is 9.78. The van der Waals surface area contributed by atoms with Gasteiger partial charge in [-0.1, -0.05) is 149 Å². The summed E-state index contributed by atoms with van der Waals surface area (Å²) in [5, 5.41) is 2.57. The Morgan fingerprint density at radius 3 is 1.96 bits per heavy atom. The molecule has 0 aromatic heterocycles. The average molecular weight is 740 g/mol. The highest BCUT2D eigenvalue weighted by Crippen LogP contribution is 2.55. The van der Waals surface area contributed by atoms with Gasteiger partial charge < -0.3 is 4.90 Å². The van der Waals surface area contributed by atoms with Gasteiger partial charge in [-0.05, 0) is 165 Å². The van der Waals surface area contributed by atoms with E-state index >= 15 is 0 Å². The Hall–Kier alpha value is -5.40. The molecule has 0 heterocycles. The number of hydrogen-bond donors (Lipinski definition) is 0. The molecular weight excluding hydrogens is 687 g/mol. The van der Waals surface area contributed by atoms with Gasteiger partial charge in [-0.2, -0.15) is 0 Å². The molecule has 282 valence electrons. The lowest BCUT2D eigenvalue weighted by Gasteiger charge is -2.29. The maximum absolute atomic E-state index is 2.50. The monoisotopic (exact) mass is 739 g/mol. The number of rotatable bonds is 7. The minimum Gasteiger partial charge on any atom is -0.310 e. The van der Waals surface area contributed by atoms with Crippen LogP contribution in [0, 0.1) is 11.8 Å². The molecule has 57 heavy (non-hydrogen) atoms. The first-order valence-electron chi connectivity index (χ1n) is 21.9. The van der Waals surface area contributed by atoms with E-state index in [1.807, 2.05) is 0 Å². The van der Waals surface area contributed by atoms with E-state index in [1.165, 1.54) is 141 Å². The highest BCUT2D eigenvalue weighted by atomic mass is 15.1. The Morgan fingerprint density at radius 1 is 0.474 bits per heavy atom. The quantitative estimate of drug-likeness (QED) is 0.157. The number of nitrogens with zero attached hydrogens (tertiary/aromatic N) is 1. The van der Waals surface area contributed by atoms with Crippen molar-refractivity contribution in [3.05, 3.63) is 174 Å². The molecule has 7 aromatic rings. The van der Waals surface area contributed by atoms with Crippen molar-refractivity contribution >= 4 is 27.8 Å². The molecule has 1 heteroatoms. The first-order chi connectivity index (χ1) is 28.0. The topological polar surface area (TPSA) is 3.24 Å². The van der Waals surface area contributed by atoms with Gasteiger partial charge in [-0.15, -0.1) is 0 Å². The van der Waals surface area contributed by atoms with Crippen molar-refractivity contribution in [2.75, 3.05) is 4.90 Å². The maximum atomic E-state index is 2.50. The molecule has 11 rings (SSSR count). The van der Waals surface area contributed by atoms with E-state index in [0.29, 0.717) is 5.92 Å². The van der Waals surface area contributed by atoms with E-state index in [4.69, 9.17) is 0 Å². The van der Waals surface area contributed by atoms with E-state index in [2.05, 4.69) is 170 Å². The second-order valence-electron chi connectivity index (χ2n) is 18.4. The van der Waals surface area contributed by atoms with E-state index in [-0.39, 0.29) is 5.41 Å². The summed E-state index contributed by atoms with van der Waals surface area (Å²) in [6, 6.07) is 58.2. The van der Waals surface area contributed by atoms with Crippen LogP contribution in [0.4, 0.5) is 17.1 Å². The van der Waals surface area contributed by atoms with Gasteiger partial charge in [0.2, 0.25) is 0 Å². The third-order valence-electron chi connectivity index (χ3n) is 14.7. The van der Waals surface area contributed by atoms with Crippen LogP contribution in [0.1, 0.15) is 106 Å². The van der Waals surface area contributed by atoms with Crippen LogP contribution in [0.15, 0.2) is 152 Å². The maximum Gasteiger partial charge on any atom is 0.0465 e. The van der Waals surface area contributed by atoms with Gasteiger partial charge in [0.05, 0.1) is 0 Å². The molecule has 4 aliphatic carbocycles. The molecule has 0 radical (unpaired) electrons. The van der Waals surface area contributed by atoms with Gasteiger partial charge >= 0.3 is 0 Å². The Balaban J connectivity index is 0.978. The standard InChI is InChI=1S/C56H53N/c1-56(2)54-36-49(30-31-51(54)52-17-9-16-50(55(52)56)46-21-20-39-12-6-7-13-42(39)35-46)57(48-28-24-41(25-29-48)53-33-37-18-19-45(53)32-37)47-26-22-40(23-27-47)44-15-8-14-43(34-44)38-10-4-3-5-11-38/h6-9,12-17,20-31,34-38,45,53H,3-5,10-11,18-19,32-33H2,1-2H3. The summed E-state index contributed by atoms with van der Waals surface area (Å²) in [7, 11) is 0. The van der Waals surface area contributed by atoms with Crippen molar-refractivity contribution < 1.29 is 0 Å². The van der Waals surface area contributed by atoms with Crippen molar-refractivity contribution in [2.45, 2.75) is 88.9 Å². The zero-order valence-corrected chi connectivity index (χ0v) is 33.6. The van der Waals surface area contributed by atoms with Gasteiger partial charge in [0.1, 0.15) is 0 Å². The summed E-state index contributed by atoms with van der Waals surface area (Å²) in [5.74, 6) is 3.25. The van der Waals surface area contributed by atoms with Crippen molar-refractivity contribution in [1.29, 1.82) is 0 Å². The number of anilines is 3. The molecule has 4 aliphatic rings. The van der Waals surface area contributed by atoms with Crippen LogP contribution < -0.4 is 4.90 Å². The molecule has 3 saturated carbocycles. The Kier molecular flexibility index (Phi) is 8.50. The third kappa shape index (κ3) is 6.05. The fourth-order valence-corrected chi connectivity index (χ4v) is 11.8. The number of fused-ring (bicyclic) bond motifs is 6.